The van der Waals surface area contributed by atoms with Crippen LogP contribution in [0.5, 0.6) is 11.5 Å². The summed E-state index contributed by atoms with van der Waals surface area (Å²) in [7, 11) is 1.59. The van der Waals surface area contributed by atoms with Crippen LogP contribution >= 0.6 is 0 Å². The largest absolute Gasteiger partial charge is 0.493 e. The third-order valence-corrected chi connectivity index (χ3v) is 3.42. The summed E-state index contributed by atoms with van der Waals surface area (Å²) in [6.45, 7) is 0.932. The van der Waals surface area contributed by atoms with Gasteiger partial charge in [0, 0.05) is 0 Å². The van der Waals surface area contributed by atoms with Gasteiger partial charge < -0.3 is 14.9 Å². The summed E-state index contributed by atoms with van der Waals surface area (Å²) in [6.07, 6.45) is 3.16. The first-order chi connectivity index (χ1) is 11.7. The molecule has 0 saturated heterocycles. The molecule has 0 aliphatic rings. The highest BCUT2D eigenvalue weighted by Crippen LogP contribution is 2.29. The summed E-state index contributed by atoms with van der Waals surface area (Å²) in [4.78, 5) is 0. The molecule has 1 aromatic heterocycles. The first-order valence-corrected chi connectivity index (χ1v) is 7.37. The van der Waals surface area contributed by atoms with E-state index in [1.165, 1.54) is 12.1 Å². The highest BCUT2D eigenvalue weighted by molar-refractivity contribution is 5.43. The van der Waals surface area contributed by atoms with Gasteiger partial charge in [-0.3, -0.25) is 0 Å². The molecule has 0 radical (unpaired) electrons. The molecule has 0 aliphatic heterocycles. The zero-order valence-electron chi connectivity index (χ0n) is 13.1. The Hall–Kier alpha value is -3.09. The second-order valence-corrected chi connectivity index (χ2v) is 5.10. The van der Waals surface area contributed by atoms with E-state index in [0.717, 1.165) is 11.1 Å². The van der Waals surface area contributed by atoms with Crippen LogP contribution in [0, 0.1) is 5.82 Å². The summed E-state index contributed by atoms with van der Waals surface area (Å²) in [6, 6.07) is 11.9. The number of benzene rings is 2. The fraction of sp³-hybridized carbons (Fsp3) is 0.176. The molecule has 0 fully saturated rings. The van der Waals surface area contributed by atoms with Crippen molar-refractivity contribution in [1.82, 2.24) is 14.9 Å². The molecule has 6 nitrogen and oxygen atoms in total. The van der Waals surface area contributed by atoms with Gasteiger partial charge in [-0.1, -0.05) is 18.2 Å². The molecule has 124 valence electrons. The third-order valence-electron chi connectivity index (χ3n) is 3.42. The number of aromatic nitrogens is 3. The Morgan fingerprint density at radius 1 is 1.00 bits per heavy atom. The van der Waals surface area contributed by atoms with Crippen LogP contribution in [0.3, 0.4) is 0 Å². The topological polar surface area (TPSA) is 61.2 Å². The van der Waals surface area contributed by atoms with Gasteiger partial charge in [0.15, 0.2) is 11.5 Å². The minimum Gasteiger partial charge on any atom is -0.493 e. The molecule has 0 atom stereocenters. The molecular formula is C17H17FN4O2. The zero-order chi connectivity index (χ0) is 16.8. The van der Waals surface area contributed by atoms with E-state index in [4.69, 9.17) is 9.47 Å². The van der Waals surface area contributed by atoms with Crippen LogP contribution in [0.4, 0.5) is 4.39 Å². The number of hydrogen-bond donors (Lipinski definition) is 1. The van der Waals surface area contributed by atoms with Crippen LogP contribution in [-0.2, 0) is 13.2 Å². The molecule has 7 heteroatoms. The lowest BCUT2D eigenvalue weighted by Crippen LogP contribution is -2.12. The molecule has 3 aromatic rings. The predicted molar refractivity (Wildman–Crippen MR) is 86.8 cm³/mol. The van der Waals surface area contributed by atoms with Crippen LogP contribution in [-0.4, -0.2) is 22.0 Å². The van der Waals surface area contributed by atoms with Crippen molar-refractivity contribution in [2.24, 2.45) is 0 Å². The number of methoxy groups -OCH3 is 1. The summed E-state index contributed by atoms with van der Waals surface area (Å²) in [5.41, 5.74) is 5.04. The van der Waals surface area contributed by atoms with Crippen LogP contribution in [0.25, 0.3) is 0 Å². The first kappa shape index (κ1) is 15.8. The van der Waals surface area contributed by atoms with E-state index >= 15 is 0 Å². The molecule has 1 heterocycles. The Morgan fingerprint density at radius 3 is 2.42 bits per heavy atom. The summed E-state index contributed by atoms with van der Waals surface area (Å²) in [5.74, 6) is 1.01. The Labute approximate surface area is 138 Å². The maximum absolute atomic E-state index is 12.9. The molecule has 3 rings (SSSR count). The molecule has 24 heavy (non-hydrogen) atoms. The lowest BCUT2D eigenvalue weighted by atomic mass is 10.2. The Morgan fingerprint density at radius 2 is 1.71 bits per heavy atom. The maximum atomic E-state index is 12.9. The van der Waals surface area contributed by atoms with Gasteiger partial charge in [0.05, 0.1) is 13.7 Å². The summed E-state index contributed by atoms with van der Waals surface area (Å²) >= 11 is 0. The number of nitrogens with one attached hydrogen (secondary N) is 1. The molecule has 0 unspecified atom stereocenters. The fourth-order valence-electron chi connectivity index (χ4n) is 2.15. The van der Waals surface area contributed by atoms with Crippen molar-refractivity contribution in [2.45, 2.75) is 13.2 Å². The van der Waals surface area contributed by atoms with Crippen molar-refractivity contribution in [3.8, 4) is 11.5 Å². The lowest BCUT2D eigenvalue weighted by molar-refractivity contribution is 0.284. The Kier molecular flexibility index (Phi) is 4.90. The molecule has 0 saturated carbocycles. The van der Waals surface area contributed by atoms with E-state index in [9.17, 15) is 4.39 Å². The molecule has 2 aromatic carbocycles. The van der Waals surface area contributed by atoms with E-state index < -0.39 is 0 Å². The second kappa shape index (κ2) is 7.45. The van der Waals surface area contributed by atoms with Gasteiger partial charge in [-0.05, 0) is 35.4 Å². The Balaban J connectivity index is 1.63. The third kappa shape index (κ3) is 4.01. The average molecular weight is 328 g/mol. The molecule has 0 aliphatic carbocycles. The predicted octanol–water partition coefficient (Wildman–Crippen LogP) is 2.75. The standard InChI is InChI=1S/C17H17FN4O2/c1-23-17-8-14(9-21-22-11-19-20-12-22)4-7-16(17)24-10-13-2-5-15(18)6-3-13/h2-8,11-12,21H,9-10H2,1H3. The van der Waals surface area contributed by atoms with Gasteiger partial charge >= 0.3 is 0 Å². The van der Waals surface area contributed by atoms with E-state index in [1.54, 1.807) is 36.6 Å². The molecule has 0 bridgehead atoms. The van der Waals surface area contributed by atoms with Gasteiger partial charge in [-0.2, -0.15) is 0 Å². The number of hydrogen-bond acceptors (Lipinski definition) is 5. The van der Waals surface area contributed by atoms with Gasteiger partial charge in [-0.15, -0.1) is 10.2 Å². The van der Waals surface area contributed by atoms with Gasteiger partial charge in [-0.25, -0.2) is 9.07 Å². The number of halogens is 1. The van der Waals surface area contributed by atoms with E-state index in [-0.39, 0.29) is 5.82 Å². The maximum Gasteiger partial charge on any atom is 0.161 e. The first-order valence-electron chi connectivity index (χ1n) is 7.37. The fourth-order valence-corrected chi connectivity index (χ4v) is 2.15. The molecule has 0 spiro atoms. The van der Waals surface area contributed by atoms with Crippen molar-refractivity contribution >= 4 is 0 Å². The van der Waals surface area contributed by atoms with Crippen molar-refractivity contribution < 1.29 is 13.9 Å². The van der Waals surface area contributed by atoms with Crippen molar-refractivity contribution in [1.29, 1.82) is 0 Å². The minimum absolute atomic E-state index is 0.263. The number of nitrogens with zero attached hydrogens (tertiary/aromatic N) is 3. The van der Waals surface area contributed by atoms with Crippen LogP contribution in [0.1, 0.15) is 11.1 Å². The lowest BCUT2D eigenvalue weighted by Gasteiger charge is -2.13. The van der Waals surface area contributed by atoms with E-state index in [2.05, 4.69) is 15.6 Å². The van der Waals surface area contributed by atoms with Crippen LogP contribution in [0.2, 0.25) is 0 Å². The van der Waals surface area contributed by atoms with Crippen LogP contribution in [0.15, 0.2) is 55.1 Å². The van der Waals surface area contributed by atoms with E-state index in [0.29, 0.717) is 24.7 Å². The van der Waals surface area contributed by atoms with Crippen molar-refractivity contribution in [3.63, 3.8) is 0 Å². The Bertz CT molecular complexity index is 776. The minimum atomic E-state index is -0.263. The zero-order valence-corrected chi connectivity index (χ0v) is 13.1. The SMILES string of the molecule is COc1cc(CNn2cnnc2)ccc1OCc1ccc(F)cc1. The molecule has 0 amide bonds. The van der Waals surface area contributed by atoms with Gasteiger partial charge in [0.25, 0.3) is 0 Å². The molecular weight excluding hydrogens is 311 g/mol. The quantitative estimate of drug-likeness (QED) is 0.722. The van der Waals surface area contributed by atoms with Crippen molar-refractivity contribution in [2.75, 3.05) is 12.5 Å². The van der Waals surface area contributed by atoms with Gasteiger partial charge in [0.1, 0.15) is 25.1 Å². The highest BCUT2D eigenvalue weighted by Gasteiger charge is 2.07. The average Bonchev–Trinajstić information content (AvgIpc) is 3.13. The van der Waals surface area contributed by atoms with E-state index in [1.807, 2.05) is 18.2 Å². The summed E-state index contributed by atoms with van der Waals surface area (Å²) in [5, 5.41) is 7.45. The number of ether oxygens (including phenoxy) is 2. The smallest absolute Gasteiger partial charge is 0.161 e. The summed E-state index contributed by atoms with van der Waals surface area (Å²) < 4.78 is 25.7. The van der Waals surface area contributed by atoms with Crippen LogP contribution < -0.4 is 14.9 Å². The molecule has 1 N–H and O–H groups in total. The normalized spacial score (nSPS) is 10.4. The highest BCUT2D eigenvalue weighted by atomic mass is 19.1. The monoisotopic (exact) mass is 328 g/mol. The van der Waals surface area contributed by atoms with Gasteiger partial charge in [0.2, 0.25) is 0 Å². The van der Waals surface area contributed by atoms with Crippen molar-refractivity contribution in [3.05, 3.63) is 72.1 Å². The second-order valence-electron chi connectivity index (χ2n) is 5.10. The number of rotatable bonds is 7.